The molecule has 0 bridgehead atoms. The van der Waals surface area contributed by atoms with Gasteiger partial charge in [-0.05, 0) is 42.0 Å². The lowest BCUT2D eigenvalue weighted by atomic mass is 9.83. The standard InChI is InChI=1S/C28H20N4O7S2/c33-19-12-6-15(7-13-19)21-22-23(26(36)31(25(22)35)17-8-10-18(11-9-17)32(38)39)40-27-24(21)41-28(37)30(27)14-20(34)29-16-4-2-1-3-5-16/h1-13,21-23,33H,14H2,(H,29,34). The summed E-state index contributed by atoms with van der Waals surface area (Å²) in [5, 5.41) is 23.3. The number of rotatable bonds is 6. The number of nitro groups is 1. The maximum absolute atomic E-state index is 13.9. The van der Waals surface area contributed by atoms with E-state index in [0.717, 1.165) is 28.0 Å². The molecular weight excluding hydrogens is 568 g/mol. The highest BCUT2D eigenvalue weighted by Crippen LogP contribution is 2.54. The molecule has 1 fully saturated rings. The Morgan fingerprint density at radius 3 is 2.29 bits per heavy atom. The molecule has 3 aromatic carbocycles. The van der Waals surface area contributed by atoms with Crippen molar-refractivity contribution in [3.63, 3.8) is 0 Å². The Bertz CT molecular complexity index is 1750. The first-order valence-electron chi connectivity index (χ1n) is 12.4. The second kappa shape index (κ2) is 10.3. The number of nitro benzene ring substituents is 1. The van der Waals surface area contributed by atoms with Crippen molar-refractivity contribution in [2.24, 2.45) is 5.92 Å². The van der Waals surface area contributed by atoms with Crippen LogP contribution in [0.1, 0.15) is 16.4 Å². The fraction of sp³-hybridized carbons (Fsp3) is 0.143. The number of nitrogens with zero attached hydrogens (tertiary/aromatic N) is 3. The van der Waals surface area contributed by atoms with Crippen molar-refractivity contribution in [2.75, 3.05) is 10.2 Å². The number of phenolic OH excluding ortho intramolecular Hbond substituents is 1. The number of thioether (sulfide) groups is 1. The van der Waals surface area contributed by atoms with E-state index >= 15 is 0 Å². The summed E-state index contributed by atoms with van der Waals surface area (Å²) in [5.41, 5.74) is 1.21. The molecule has 13 heteroatoms. The number of non-ortho nitro benzene ring substituents is 1. The molecule has 3 atom stereocenters. The summed E-state index contributed by atoms with van der Waals surface area (Å²) >= 11 is 1.98. The molecule has 2 aliphatic heterocycles. The van der Waals surface area contributed by atoms with Crippen LogP contribution in [-0.4, -0.2) is 37.6 Å². The minimum Gasteiger partial charge on any atom is -0.508 e. The van der Waals surface area contributed by atoms with Crippen molar-refractivity contribution in [2.45, 2.75) is 22.7 Å². The van der Waals surface area contributed by atoms with Crippen LogP contribution < -0.4 is 15.1 Å². The van der Waals surface area contributed by atoms with Gasteiger partial charge in [0.15, 0.2) is 0 Å². The zero-order chi connectivity index (χ0) is 28.8. The van der Waals surface area contributed by atoms with Crippen molar-refractivity contribution < 1.29 is 24.4 Å². The molecule has 1 saturated heterocycles. The summed E-state index contributed by atoms with van der Waals surface area (Å²) in [7, 11) is 0. The molecular formula is C28H20N4O7S2. The number of nitrogens with one attached hydrogen (secondary N) is 1. The monoisotopic (exact) mass is 588 g/mol. The number of aromatic nitrogens is 1. The highest BCUT2D eigenvalue weighted by molar-refractivity contribution is 8.00. The van der Waals surface area contributed by atoms with E-state index in [1.54, 1.807) is 36.4 Å². The Morgan fingerprint density at radius 2 is 1.63 bits per heavy atom. The average molecular weight is 589 g/mol. The normalized spacial score (nSPS) is 19.5. The molecule has 3 amide bonds. The summed E-state index contributed by atoms with van der Waals surface area (Å²) in [4.78, 5) is 65.4. The van der Waals surface area contributed by atoms with Gasteiger partial charge in [-0.25, -0.2) is 4.90 Å². The number of phenols is 1. The third-order valence-corrected chi connectivity index (χ3v) is 9.58. The Hall–Kier alpha value is -4.75. The summed E-state index contributed by atoms with van der Waals surface area (Å²) in [6.45, 7) is -0.291. The molecule has 2 aliphatic rings. The summed E-state index contributed by atoms with van der Waals surface area (Å²) < 4.78 is 1.32. The topological polar surface area (TPSA) is 152 Å². The molecule has 206 valence electrons. The van der Waals surface area contributed by atoms with Crippen LogP contribution in [0, 0.1) is 16.0 Å². The summed E-state index contributed by atoms with van der Waals surface area (Å²) in [6.07, 6.45) is 0. The number of carbonyl (C=O) groups is 3. The molecule has 6 rings (SSSR count). The number of benzene rings is 3. The predicted octanol–water partition coefficient (Wildman–Crippen LogP) is 3.96. The van der Waals surface area contributed by atoms with Crippen molar-refractivity contribution >= 4 is 57.9 Å². The van der Waals surface area contributed by atoms with Gasteiger partial charge >= 0.3 is 4.87 Å². The second-order valence-electron chi connectivity index (χ2n) is 9.46. The Kier molecular flexibility index (Phi) is 6.67. The third kappa shape index (κ3) is 4.68. The van der Waals surface area contributed by atoms with Gasteiger partial charge in [-0.3, -0.25) is 33.9 Å². The zero-order valence-electron chi connectivity index (χ0n) is 21.0. The van der Waals surface area contributed by atoms with Gasteiger partial charge in [-0.1, -0.05) is 53.4 Å². The van der Waals surface area contributed by atoms with Gasteiger partial charge in [-0.2, -0.15) is 0 Å². The largest absolute Gasteiger partial charge is 0.508 e. The quantitative estimate of drug-likeness (QED) is 0.195. The van der Waals surface area contributed by atoms with Crippen LogP contribution >= 0.6 is 23.1 Å². The van der Waals surface area contributed by atoms with Crippen molar-refractivity contribution in [3.05, 3.63) is 109 Å². The van der Waals surface area contributed by atoms with Crippen LogP contribution in [0.5, 0.6) is 5.75 Å². The predicted molar refractivity (Wildman–Crippen MR) is 152 cm³/mol. The number of fused-ring (bicyclic) bond motifs is 2. The van der Waals surface area contributed by atoms with Gasteiger partial charge in [0.05, 0.1) is 21.6 Å². The molecule has 41 heavy (non-hydrogen) atoms. The molecule has 11 nitrogen and oxygen atoms in total. The summed E-state index contributed by atoms with van der Waals surface area (Å²) in [6, 6.07) is 20.2. The molecule has 0 radical (unpaired) electrons. The molecule has 0 aliphatic carbocycles. The first-order chi connectivity index (χ1) is 19.7. The van der Waals surface area contributed by atoms with E-state index in [0.29, 0.717) is 21.2 Å². The van der Waals surface area contributed by atoms with Crippen LogP contribution in [0.15, 0.2) is 88.7 Å². The number of hydrogen-bond donors (Lipinski definition) is 2. The number of carbonyl (C=O) groups excluding carboxylic acids is 3. The molecule has 3 heterocycles. The minimum absolute atomic E-state index is 0.0142. The van der Waals surface area contributed by atoms with Crippen LogP contribution in [0.2, 0.25) is 0 Å². The highest BCUT2D eigenvalue weighted by Gasteiger charge is 2.56. The van der Waals surface area contributed by atoms with Crippen LogP contribution in [0.4, 0.5) is 17.1 Å². The van der Waals surface area contributed by atoms with Gasteiger partial charge in [-0.15, -0.1) is 0 Å². The number of para-hydroxylation sites is 1. The Morgan fingerprint density at radius 1 is 0.951 bits per heavy atom. The lowest BCUT2D eigenvalue weighted by Crippen LogP contribution is -2.33. The Labute approximate surface area is 240 Å². The van der Waals surface area contributed by atoms with Crippen molar-refractivity contribution in [3.8, 4) is 5.75 Å². The van der Waals surface area contributed by atoms with Crippen LogP contribution in [-0.2, 0) is 20.9 Å². The lowest BCUT2D eigenvalue weighted by Gasteiger charge is -2.30. The van der Waals surface area contributed by atoms with Gasteiger partial charge in [0.1, 0.15) is 17.5 Å². The third-order valence-electron chi connectivity index (χ3n) is 6.98. The van der Waals surface area contributed by atoms with Crippen LogP contribution in [0.3, 0.4) is 0 Å². The smallest absolute Gasteiger partial charge is 0.308 e. The average Bonchev–Trinajstić information content (AvgIpc) is 3.40. The van der Waals surface area contributed by atoms with E-state index < -0.39 is 44.6 Å². The van der Waals surface area contributed by atoms with Gasteiger partial charge in [0.25, 0.3) is 5.69 Å². The lowest BCUT2D eigenvalue weighted by molar-refractivity contribution is -0.384. The van der Waals surface area contributed by atoms with E-state index in [2.05, 4.69) is 5.32 Å². The minimum atomic E-state index is -0.915. The van der Waals surface area contributed by atoms with Gasteiger partial charge in [0.2, 0.25) is 17.7 Å². The first-order valence-corrected chi connectivity index (χ1v) is 14.1. The van der Waals surface area contributed by atoms with Crippen LogP contribution in [0.25, 0.3) is 0 Å². The molecule has 3 unspecified atom stereocenters. The number of hydrogen-bond acceptors (Lipinski definition) is 9. The maximum Gasteiger partial charge on any atom is 0.308 e. The molecule has 2 N–H and O–H groups in total. The van der Waals surface area contributed by atoms with E-state index in [1.807, 2.05) is 6.07 Å². The molecule has 0 spiro atoms. The number of anilines is 2. The molecule has 0 saturated carbocycles. The summed E-state index contributed by atoms with van der Waals surface area (Å²) in [5.74, 6) is -3.02. The number of imide groups is 1. The van der Waals surface area contributed by atoms with Crippen molar-refractivity contribution in [1.29, 1.82) is 0 Å². The Balaban J connectivity index is 1.40. The van der Waals surface area contributed by atoms with E-state index in [4.69, 9.17) is 0 Å². The van der Waals surface area contributed by atoms with Crippen molar-refractivity contribution in [1.82, 2.24) is 4.57 Å². The van der Waals surface area contributed by atoms with E-state index in [9.17, 15) is 34.4 Å². The van der Waals surface area contributed by atoms with Gasteiger partial charge in [0, 0.05) is 28.6 Å². The zero-order valence-corrected chi connectivity index (χ0v) is 22.6. The maximum atomic E-state index is 13.9. The number of amides is 3. The second-order valence-corrected chi connectivity index (χ2v) is 11.6. The fourth-order valence-electron chi connectivity index (χ4n) is 5.14. The molecule has 4 aromatic rings. The highest BCUT2D eigenvalue weighted by atomic mass is 32.2. The number of aromatic hydroxyl groups is 1. The first kappa shape index (κ1) is 26.5. The fourth-order valence-corrected chi connectivity index (χ4v) is 7.91. The molecule has 1 aromatic heterocycles. The van der Waals surface area contributed by atoms with Gasteiger partial charge < -0.3 is 10.4 Å². The SMILES string of the molecule is O=C(Cn1c2c(sc1=O)C(c1ccc(O)cc1)C1C(=O)N(c3ccc([N+](=O)[O-])cc3)C(=O)C1S2)Nc1ccccc1. The van der Waals surface area contributed by atoms with E-state index in [-0.39, 0.29) is 23.7 Å². The van der Waals surface area contributed by atoms with E-state index in [1.165, 1.54) is 41.0 Å². The number of thiazole rings is 1.